The van der Waals surface area contributed by atoms with Crippen LogP contribution in [0.2, 0.25) is 5.02 Å². The van der Waals surface area contributed by atoms with Gasteiger partial charge in [-0.3, -0.25) is 5.10 Å². The molecule has 0 spiro atoms. The summed E-state index contributed by atoms with van der Waals surface area (Å²) >= 11 is 6.07. The number of ether oxygens (including phenoxy) is 1. The second-order valence-corrected chi connectivity index (χ2v) is 7.31. The van der Waals surface area contributed by atoms with Gasteiger partial charge in [-0.1, -0.05) is 23.7 Å². The van der Waals surface area contributed by atoms with E-state index in [2.05, 4.69) is 32.1 Å². The highest BCUT2D eigenvalue weighted by Gasteiger charge is 2.27. The standard InChI is InChI=1S/C20H22ClN5O/c1-26-11-8-14(9-12-26)19-17(16-7-10-22-20(23-16)27-2)18(24-25-19)13-3-5-15(21)6-4-13/h3-7,10,14H,8-9,11-12H2,1-2H3,(H,24,25). The maximum Gasteiger partial charge on any atom is 0.316 e. The number of aromatic nitrogens is 4. The number of hydrogen-bond donors (Lipinski definition) is 1. The Morgan fingerprint density at radius 3 is 2.59 bits per heavy atom. The first kappa shape index (κ1) is 17.9. The molecule has 3 heterocycles. The SMILES string of the molecule is COc1nccc(-c2c(-c3ccc(Cl)cc3)n[nH]c2C2CCN(C)CC2)n1. The van der Waals surface area contributed by atoms with E-state index in [4.69, 9.17) is 16.3 Å². The van der Waals surface area contributed by atoms with Crippen LogP contribution >= 0.6 is 11.6 Å². The van der Waals surface area contributed by atoms with Crippen molar-refractivity contribution in [1.29, 1.82) is 0 Å². The summed E-state index contributed by atoms with van der Waals surface area (Å²) in [7, 11) is 3.74. The van der Waals surface area contributed by atoms with Gasteiger partial charge in [0.15, 0.2) is 0 Å². The van der Waals surface area contributed by atoms with Gasteiger partial charge in [-0.25, -0.2) is 4.98 Å². The number of benzene rings is 1. The molecule has 1 fully saturated rings. The van der Waals surface area contributed by atoms with Crippen molar-refractivity contribution in [3.8, 4) is 28.5 Å². The fourth-order valence-electron chi connectivity index (χ4n) is 3.60. The van der Waals surface area contributed by atoms with Crippen molar-refractivity contribution in [3.05, 3.63) is 47.2 Å². The number of hydrogen-bond acceptors (Lipinski definition) is 5. The van der Waals surface area contributed by atoms with Crippen molar-refractivity contribution < 1.29 is 4.74 Å². The highest BCUT2D eigenvalue weighted by molar-refractivity contribution is 6.30. The summed E-state index contributed by atoms with van der Waals surface area (Å²) in [6.45, 7) is 2.15. The van der Waals surface area contributed by atoms with E-state index in [-0.39, 0.29) is 0 Å². The molecule has 1 aliphatic heterocycles. The van der Waals surface area contributed by atoms with Gasteiger partial charge in [0.1, 0.15) is 5.69 Å². The number of nitrogens with one attached hydrogen (secondary N) is 1. The highest BCUT2D eigenvalue weighted by Crippen LogP contribution is 2.39. The fraction of sp³-hybridized carbons (Fsp3) is 0.350. The molecule has 27 heavy (non-hydrogen) atoms. The van der Waals surface area contributed by atoms with E-state index < -0.39 is 0 Å². The summed E-state index contributed by atoms with van der Waals surface area (Å²) in [5.74, 6) is 0.422. The van der Waals surface area contributed by atoms with Crippen molar-refractivity contribution in [1.82, 2.24) is 25.1 Å². The summed E-state index contributed by atoms with van der Waals surface area (Å²) in [5.41, 5.74) is 4.85. The third-order valence-electron chi connectivity index (χ3n) is 5.11. The maximum absolute atomic E-state index is 6.07. The number of nitrogens with zero attached hydrogens (tertiary/aromatic N) is 4. The molecule has 0 amide bonds. The molecule has 0 bridgehead atoms. The van der Waals surface area contributed by atoms with Gasteiger partial charge >= 0.3 is 6.01 Å². The quantitative estimate of drug-likeness (QED) is 0.737. The molecule has 4 rings (SSSR count). The minimum atomic E-state index is 0.352. The molecule has 6 nitrogen and oxygen atoms in total. The number of halogens is 1. The molecule has 1 N–H and O–H groups in total. The number of methoxy groups -OCH3 is 1. The van der Waals surface area contributed by atoms with Crippen LogP contribution in [0, 0.1) is 0 Å². The summed E-state index contributed by atoms with van der Waals surface area (Å²) in [4.78, 5) is 11.1. The molecular formula is C20H22ClN5O. The first-order valence-electron chi connectivity index (χ1n) is 9.06. The van der Waals surface area contributed by atoms with Gasteiger partial charge in [0.2, 0.25) is 0 Å². The van der Waals surface area contributed by atoms with Gasteiger partial charge in [-0.15, -0.1) is 0 Å². The van der Waals surface area contributed by atoms with Gasteiger partial charge in [-0.05, 0) is 51.2 Å². The number of aromatic amines is 1. The summed E-state index contributed by atoms with van der Waals surface area (Å²) < 4.78 is 5.24. The van der Waals surface area contributed by atoms with Crippen LogP contribution in [0.4, 0.5) is 0 Å². The van der Waals surface area contributed by atoms with E-state index in [1.165, 1.54) is 0 Å². The Bertz CT molecular complexity index is 916. The number of rotatable bonds is 4. The first-order chi connectivity index (χ1) is 13.2. The smallest absolute Gasteiger partial charge is 0.316 e. The first-order valence-corrected chi connectivity index (χ1v) is 9.43. The second-order valence-electron chi connectivity index (χ2n) is 6.87. The van der Waals surface area contributed by atoms with Gasteiger partial charge in [0.05, 0.1) is 12.8 Å². The summed E-state index contributed by atoms with van der Waals surface area (Å²) in [5, 5.41) is 8.67. The third kappa shape index (κ3) is 3.68. The van der Waals surface area contributed by atoms with Gasteiger partial charge in [0.25, 0.3) is 0 Å². The van der Waals surface area contributed by atoms with E-state index in [0.29, 0.717) is 17.0 Å². The van der Waals surface area contributed by atoms with E-state index >= 15 is 0 Å². The molecule has 1 saturated heterocycles. The largest absolute Gasteiger partial charge is 0.467 e. The minimum absolute atomic E-state index is 0.352. The van der Waals surface area contributed by atoms with Crippen LogP contribution in [0.5, 0.6) is 6.01 Å². The maximum atomic E-state index is 6.07. The predicted octanol–water partition coefficient (Wildman–Crippen LogP) is 4.00. The average Bonchev–Trinajstić information content (AvgIpc) is 3.14. The molecule has 3 aromatic rings. The van der Waals surface area contributed by atoms with Crippen LogP contribution in [-0.2, 0) is 0 Å². The second kappa shape index (κ2) is 7.66. The monoisotopic (exact) mass is 383 g/mol. The van der Waals surface area contributed by atoms with Gasteiger partial charge in [0, 0.05) is 34.0 Å². The van der Waals surface area contributed by atoms with Crippen molar-refractivity contribution >= 4 is 11.6 Å². The van der Waals surface area contributed by atoms with Crippen LogP contribution in [0.15, 0.2) is 36.5 Å². The Balaban J connectivity index is 1.83. The van der Waals surface area contributed by atoms with Crippen LogP contribution < -0.4 is 4.74 Å². The number of piperidine rings is 1. The molecule has 0 saturated carbocycles. The van der Waals surface area contributed by atoms with Gasteiger partial charge in [-0.2, -0.15) is 10.1 Å². The molecular weight excluding hydrogens is 362 g/mol. The lowest BCUT2D eigenvalue weighted by Gasteiger charge is -2.28. The molecule has 0 atom stereocenters. The Hall–Kier alpha value is -2.44. The van der Waals surface area contributed by atoms with Crippen molar-refractivity contribution in [2.75, 3.05) is 27.2 Å². The number of H-pyrrole nitrogens is 1. The molecule has 0 aliphatic carbocycles. The zero-order chi connectivity index (χ0) is 18.8. The zero-order valence-corrected chi connectivity index (χ0v) is 16.2. The Kier molecular flexibility index (Phi) is 5.09. The topological polar surface area (TPSA) is 66.9 Å². The van der Waals surface area contributed by atoms with E-state index in [1.54, 1.807) is 13.3 Å². The van der Waals surface area contributed by atoms with Crippen molar-refractivity contribution in [2.24, 2.45) is 0 Å². The van der Waals surface area contributed by atoms with Crippen molar-refractivity contribution in [3.63, 3.8) is 0 Å². The molecule has 7 heteroatoms. The van der Waals surface area contributed by atoms with Crippen LogP contribution in [-0.4, -0.2) is 52.3 Å². The Morgan fingerprint density at radius 2 is 1.89 bits per heavy atom. The van der Waals surface area contributed by atoms with Crippen LogP contribution in [0.25, 0.3) is 22.5 Å². The molecule has 0 unspecified atom stereocenters. The van der Waals surface area contributed by atoms with E-state index in [1.807, 2.05) is 30.3 Å². The Morgan fingerprint density at radius 1 is 1.15 bits per heavy atom. The normalized spacial score (nSPS) is 15.8. The van der Waals surface area contributed by atoms with Crippen LogP contribution in [0.3, 0.4) is 0 Å². The molecule has 0 radical (unpaired) electrons. The molecule has 1 aliphatic rings. The molecule has 2 aromatic heterocycles. The predicted molar refractivity (Wildman–Crippen MR) is 106 cm³/mol. The van der Waals surface area contributed by atoms with E-state index in [0.717, 1.165) is 54.1 Å². The summed E-state index contributed by atoms with van der Waals surface area (Å²) in [6.07, 6.45) is 3.90. The average molecular weight is 384 g/mol. The van der Waals surface area contributed by atoms with Crippen molar-refractivity contribution in [2.45, 2.75) is 18.8 Å². The van der Waals surface area contributed by atoms with Gasteiger partial charge < -0.3 is 9.64 Å². The van der Waals surface area contributed by atoms with Crippen LogP contribution in [0.1, 0.15) is 24.5 Å². The lowest BCUT2D eigenvalue weighted by molar-refractivity contribution is 0.253. The lowest BCUT2D eigenvalue weighted by atomic mass is 9.89. The highest BCUT2D eigenvalue weighted by atomic mass is 35.5. The van der Waals surface area contributed by atoms with E-state index in [9.17, 15) is 0 Å². The summed E-state index contributed by atoms with van der Waals surface area (Å²) in [6, 6.07) is 9.99. The fourth-order valence-corrected chi connectivity index (χ4v) is 3.73. The lowest BCUT2D eigenvalue weighted by Crippen LogP contribution is -2.29. The number of likely N-dealkylation sites (tertiary alicyclic amines) is 1. The minimum Gasteiger partial charge on any atom is -0.467 e. The zero-order valence-electron chi connectivity index (χ0n) is 15.4. The Labute approximate surface area is 163 Å². The third-order valence-corrected chi connectivity index (χ3v) is 5.36. The molecule has 140 valence electrons. The molecule has 1 aromatic carbocycles.